The molecule has 1 aromatic heterocycles. The molecule has 7 nitrogen and oxygen atoms in total. The molecule has 3 rings (SSSR count). The Bertz CT molecular complexity index is 595. The Labute approximate surface area is 114 Å². The molecule has 1 aliphatic heterocycles. The van der Waals surface area contributed by atoms with E-state index in [-0.39, 0.29) is 30.3 Å². The zero-order chi connectivity index (χ0) is 12.5. The molecule has 0 amide bonds. The highest BCUT2D eigenvalue weighted by Crippen LogP contribution is 2.25. The number of benzene rings is 1. The summed E-state index contributed by atoms with van der Waals surface area (Å²) < 4.78 is 10.9. The van der Waals surface area contributed by atoms with Crippen LogP contribution in [0.1, 0.15) is 6.42 Å². The second kappa shape index (κ2) is 5.41. The minimum atomic E-state index is -0.463. The van der Waals surface area contributed by atoms with Crippen molar-refractivity contribution in [2.24, 2.45) is 0 Å². The van der Waals surface area contributed by atoms with Crippen LogP contribution in [-0.2, 0) is 0 Å². The Morgan fingerprint density at radius 1 is 1.53 bits per heavy atom. The van der Waals surface area contributed by atoms with Gasteiger partial charge >= 0.3 is 6.08 Å². The molecule has 8 heteroatoms. The van der Waals surface area contributed by atoms with Gasteiger partial charge in [0.1, 0.15) is 11.6 Å². The molecular weight excluding hydrogens is 274 g/mol. The summed E-state index contributed by atoms with van der Waals surface area (Å²) in [6.45, 7) is 1.68. The predicted molar refractivity (Wildman–Crippen MR) is 69.8 cm³/mol. The summed E-state index contributed by atoms with van der Waals surface area (Å²) in [5.41, 5.74) is 0.914. The van der Waals surface area contributed by atoms with Crippen LogP contribution >= 0.6 is 12.4 Å². The number of rotatable bonds is 3. The molecule has 1 saturated heterocycles. The fourth-order valence-corrected chi connectivity index (χ4v) is 1.93. The quantitative estimate of drug-likeness (QED) is 0.684. The molecule has 0 aliphatic carbocycles. The average molecular weight is 286 g/mol. The maximum atomic E-state index is 10.6. The summed E-state index contributed by atoms with van der Waals surface area (Å²) >= 11 is 0. The molecule has 0 spiro atoms. The second-order valence-corrected chi connectivity index (χ2v) is 4.12. The summed E-state index contributed by atoms with van der Waals surface area (Å²) in [4.78, 5) is 14.3. The third kappa shape index (κ3) is 2.77. The molecule has 1 fully saturated rings. The maximum absolute atomic E-state index is 10.6. The monoisotopic (exact) mass is 285 g/mol. The number of nitro groups is 1. The van der Waals surface area contributed by atoms with Crippen LogP contribution in [-0.4, -0.2) is 29.1 Å². The Morgan fingerprint density at radius 2 is 2.37 bits per heavy atom. The fraction of sp³-hybridized carbons (Fsp3) is 0.364. The van der Waals surface area contributed by atoms with E-state index >= 15 is 0 Å². The van der Waals surface area contributed by atoms with E-state index in [1.165, 1.54) is 18.2 Å². The normalized spacial score (nSPS) is 18.2. The Morgan fingerprint density at radius 3 is 3.05 bits per heavy atom. The van der Waals surface area contributed by atoms with E-state index in [4.69, 9.17) is 9.15 Å². The molecule has 102 valence electrons. The lowest BCUT2D eigenvalue weighted by Crippen LogP contribution is -2.19. The lowest BCUT2D eigenvalue weighted by molar-refractivity contribution is -0.384. The molecule has 0 saturated carbocycles. The van der Waals surface area contributed by atoms with Gasteiger partial charge in [-0.25, -0.2) is 0 Å². The van der Waals surface area contributed by atoms with Gasteiger partial charge in [0.25, 0.3) is 5.69 Å². The third-order valence-corrected chi connectivity index (χ3v) is 2.84. The SMILES string of the molecule is Cl.O=[N+]([O-])c1ccc2oc(O[C@H]3CCNC3)nc2c1. The first kappa shape index (κ1) is 13.6. The van der Waals surface area contributed by atoms with Gasteiger partial charge in [0, 0.05) is 18.7 Å². The van der Waals surface area contributed by atoms with Crippen LogP contribution in [0, 0.1) is 10.1 Å². The highest BCUT2D eigenvalue weighted by Gasteiger charge is 2.19. The third-order valence-electron chi connectivity index (χ3n) is 2.84. The van der Waals surface area contributed by atoms with Gasteiger partial charge in [0.05, 0.1) is 4.92 Å². The maximum Gasteiger partial charge on any atom is 0.394 e. The van der Waals surface area contributed by atoms with E-state index in [9.17, 15) is 10.1 Å². The molecule has 1 aromatic carbocycles. The summed E-state index contributed by atoms with van der Waals surface area (Å²) in [6, 6.07) is 4.28. The lowest BCUT2D eigenvalue weighted by atomic mass is 10.3. The lowest BCUT2D eigenvalue weighted by Gasteiger charge is -2.06. The number of hydrogen-bond acceptors (Lipinski definition) is 6. The van der Waals surface area contributed by atoms with Gasteiger partial charge < -0.3 is 14.5 Å². The summed E-state index contributed by atoms with van der Waals surface area (Å²) in [5.74, 6) is 0. The first-order chi connectivity index (χ1) is 8.72. The van der Waals surface area contributed by atoms with E-state index in [1.807, 2.05) is 0 Å². The van der Waals surface area contributed by atoms with E-state index in [0.717, 1.165) is 19.5 Å². The van der Waals surface area contributed by atoms with Crippen molar-refractivity contribution in [1.29, 1.82) is 0 Å². The van der Waals surface area contributed by atoms with Gasteiger partial charge in [-0.2, -0.15) is 4.98 Å². The number of nitrogens with zero attached hydrogens (tertiary/aromatic N) is 2. The van der Waals surface area contributed by atoms with Crippen LogP contribution in [0.4, 0.5) is 5.69 Å². The molecule has 0 unspecified atom stereocenters. The number of nitro benzene ring substituents is 1. The van der Waals surface area contributed by atoms with Gasteiger partial charge in [0.15, 0.2) is 5.58 Å². The van der Waals surface area contributed by atoms with Crippen LogP contribution in [0.3, 0.4) is 0 Å². The van der Waals surface area contributed by atoms with Crippen LogP contribution in [0.25, 0.3) is 11.1 Å². The zero-order valence-electron chi connectivity index (χ0n) is 9.87. The summed E-state index contributed by atoms with van der Waals surface area (Å²) in [5, 5.41) is 13.8. The number of non-ortho nitro benzene ring substituents is 1. The molecule has 2 heterocycles. The number of aromatic nitrogens is 1. The van der Waals surface area contributed by atoms with Crippen LogP contribution in [0.5, 0.6) is 6.08 Å². The number of fused-ring (bicyclic) bond motifs is 1. The molecule has 0 radical (unpaired) electrons. The van der Waals surface area contributed by atoms with Crippen molar-refractivity contribution < 1.29 is 14.1 Å². The van der Waals surface area contributed by atoms with Crippen molar-refractivity contribution in [2.45, 2.75) is 12.5 Å². The first-order valence-electron chi connectivity index (χ1n) is 5.65. The fourth-order valence-electron chi connectivity index (χ4n) is 1.93. The van der Waals surface area contributed by atoms with Gasteiger partial charge in [0.2, 0.25) is 0 Å². The van der Waals surface area contributed by atoms with Crippen molar-refractivity contribution in [2.75, 3.05) is 13.1 Å². The van der Waals surface area contributed by atoms with E-state index in [1.54, 1.807) is 0 Å². The summed E-state index contributed by atoms with van der Waals surface area (Å²) in [6.07, 6.45) is 1.12. The minimum absolute atomic E-state index is 0. The van der Waals surface area contributed by atoms with Crippen molar-refractivity contribution >= 4 is 29.2 Å². The van der Waals surface area contributed by atoms with Crippen LogP contribution < -0.4 is 10.1 Å². The average Bonchev–Trinajstić information content (AvgIpc) is 2.96. The number of hydrogen-bond donors (Lipinski definition) is 1. The largest absolute Gasteiger partial charge is 0.445 e. The molecule has 1 aliphatic rings. The predicted octanol–water partition coefficient (Wildman–Crippen LogP) is 1.90. The zero-order valence-corrected chi connectivity index (χ0v) is 10.7. The molecule has 1 atom stereocenters. The molecule has 0 bridgehead atoms. The number of halogens is 1. The van der Waals surface area contributed by atoms with Crippen LogP contribution in [0.2, 0.25) is 0 Å². The number of oxazole rings is 1. The molecule has 1 N–H and O–H groups in total. The van der Waals surface area contributed by atoms with E-state index in [0.29, 0.717) is 11.1 Å². The van der Waals surface area contributed by atoms with Crippen molar-refractivity contribution in [3.8, 4) is 6.08 Å². The Hall–Kier alpha value is -1.86. The van der Waals surface area contributed by atoms with Gasteiger partial charge in [-0.3, -0.25) is 10.1 Å². The van der Waals surface area contributed by atoms with Gasteiger partial charge in [-0.1, -0.05) is 0 Å². The smallest absolute Gasteiger partial charge is 0.394 e. The topological polar surface area (TPSA) is 90.4 Å². The van der Waals surface area contributed by atoms with E-state index in [2.05, 4.69) is 10.3 Å². The molecule has 2 aromatic rings. The highest BCUT2D eigenvalue weighted by atomic mass is 35.5. The summed E-state index contributed by atoms with van der Waals surface area (Å²) in [7, 11) is 0. The van der Waals surface area contributed by atoms with Gasteiger partial charge in [-0.05, 0) is 19.0 Å². The van der Waals surface area contributed by atoms with Crippen LogP contribution in [0.15, 0.2) is 22.6 Å². The second-order valence-electron chi connectivity index (χ2n) is 4.12. The standard InChI is InChI=1S/C11H11N3O4.ClH/c15-14(16)7-1-2-10-9(5-7)13-11(18-10)17-8-3-4-12-6-8;/h1-2,5,8,12H,3-4,6H2;1H/t8-;/m0./s1. The van der Waals surface area contributed by atoms with E-state index < -0.39 is 4.92 Å². The van der Waals surface area contributed by atoms with Crippen molar-refractivity contribution in [3.63, 3.8) is 0 Å². The Balaban J connectivity index is 0.00000133. The first-order valence-corrected chi connectivity index (χ1v) is 5.65. The minimum Gasteiger partial charge on any atom is -0.445 e. The highest BCUT2D eigenvalue weighted by molar-refractivity contribution is 5.85. The number of nitrogens with one attached hydrogen (secondary N) is 1. The molecule has 19 heavy (non-hydrogen) atoms. The Kier molecular flexibility index (Phi) is 3.87. The van der Waals surface area contributed by atoms with Gasteiger partial charge in [-0.15, -0.1) is 12.4 Å². The van der Waals surface area contributed by atoms with Crippen molar-refractivity contribution in [1.82, 2.24) is 10.3 Å². The van der Waals surface area contributed by atoms with Crippen molar-refractivity contribution in [3.05, 3.63) is 28.3 Å². The molecular formula is C11H12ClN3O4. The number of ether oxygens (including phenoxy) is 1.